The Morgan fingerprint density at radius 2 is 1.53 bits per heavy atom. The van der Waals surface area contributed by atoms with E-state index in [2.05, 4.69) is 6.92 Å². The number of urea groups is 1. The van der Waals surface area contributed by atoms with E-state index in [1.807, 2.05) is 23.6 Å². The Balaban J connectivity index is 2.93. The van der Waals surface area contributed by atoms with Crippen LogP contribution in [0.3, 0.4) is 0 Å². The molecule has 4 heteroatoms. The minimum Gasteiger partial charge on any atom is -0.328 e. The van der Waals surface area contributed by atoms with Crippen LogP contribution >= 0.6 is 0 Å². The number of nitrogens with zero attached hydrogens (tertiary/aromatic N) is 2. The number of amides is 2. The average Bonchev–Trinajstić information content (AvgIpc) is 2.67. The zero-order valence-corrected chi connectivity index (χ0v) is 13.0. The lowest BCUT2D eigenvalue weighted by atomic mass is 9.88. The summed E-state index contributed by atoms with van der Waals surface area (Å²) in [6, 6.07) is 0.167. The molecule has 0 saturated heterocycles. The lowest BCUT2D eigenvalue weighted by Gasteiger charge is -2.44. The minimum atomic E-state index is -0.106. The van der Waals surface area contributed by atoms with Gasteiger partial charge in [-0.2, -0.15) is 0 Å². The van der Waals surface area contributed by atoms with Gasteiger partial charge in [-0.15, -0.1) is 0 Å². The van der Waals surface area contributed by atoms with Crippen LogP contribution in [0, 0.1) is 0 Å². The van der Waals surface area contributed by atoms with Gasteiger partial charge < -0.3 is 15.5 Å². The maximum Gasteiger partial charge on any atom is 0.320 e. The monoisotopic (exact) mass is 269 g/mol. The van der Waals surface area contributed by atoms with Crippen molar-refractivity contribution in [3.63, 3.8) is 0 Å². The molecule has 0 aromatic carbocycles. The van der Waals surface area contributed by atoms with Crippen LogP contribution in [0.4, 0.5) is 4.79 Å². The second-order valence-corrected chi connectivity index (χ2v) is 5.54. The van der Waals surface area contributed by atoms with Crippen LogP contribution in [0.15, 0.2) is 0 Å². The van der Waals surface area contributed by atoms with Crippen molar-refractivity contribution < 1.29 is 4.79 Å². The van der Waals surface area contributed by atoms with Crippen LogP contribution in [0.2, 0.25) is 0 Å². The quantitative estimate of drug-likeness (QED) is 0.780. The zero-order valence-electron chi connectivity index (χ0n) is 13.0. The van der Waals surface area contributed by atoms with E-state index in [0.717, 1.165) is 32.5 Å². The van der Waals surface area contributed by atoms with Crippen molar-refractivity contribution in [3.8, 4) is 0 Å². The number of carbonyl (C=O) groups excluding carboxylic acids is 1. The largest absolute Gasteiger partial charge is 0.328 e. The van der Waals surface area contributed by atoms with Gasteiger partial charge in [-0.1, -0.05) is 25.7 Å². The van der Waals surface area contributed by atoms with Gasteiger partial charge in [0.1, 0.15) is 0 Å². The summed E-state index contributed by atoms with van der Waals surface area (Å²) in [4.78, 5) is 16.7. The van der Waals surface area contributed by atoms with Crippen molar-refractivity contribution in [2.24, 2.45) is 5.73 Å². The van der Waals surface area contributed by atoms with Crippen molar-refractivity contribution in [1.82, 2.24) is 9.80 Å². The molecule has 0 radical (unpaired) electrons. The lowest BCUT2D eigenvalue weighted by molar-refractivity contribution is 0.0824. The van der Waals surface area contributed by atoms with Crippen molar-refractivity contribution in [3.05, 3.63) is 0 Å². The summed E-state index contributed by atoms with van der Waals surface area (Å²) >= 11 is 0. The van der Waals surface area contributed by atoms with Crippen molar-refractivity contribution >= 4 is 6.03 Å². The fourth-order valence-corrected chi connectivity index (χ4v) is 3.31. The van der Waals surface area contributed by atoms with E-state index >= 15 is 0 Å². The summed E-state index contributed by atoms with van der Waals surface area (Å²) in [6.07, 6.45) is 7.06. The molecule has 1 rings (SSSR count). The van der Waals surface area contributed by atoms with Crippen LogP contribution in [-0.4, -0.2) is 47.5 Å². The highest BCUT2D eigenvalue weighted by atomic mass is 16.2. The molecule has 0 aliphatic heterocycles. The molecule has 0 aromatic heterocycles. The highest BCUT2D eigenvalue weighted by molar-refractivity contribution is 5.75. The first-order chi connectivity index (χ1) is 9.15. The fourth-order valence-electron chi connectivity index (χ4n) is 3.31. The second kappa shape index (κ2) is 7.73. The average molecular weight is 269 g/mol. The molecule has 1 fully saturated rings. The first-order valence-electron chi connectivity index (χ1n) is 7.91. The van der Waals surface area contributed by atoms with Gasteiger partial charge in [0.2, 0.25) is 0 Å². The van der Waals surface area contributed by atoms with E-state index in [-0.39, 0.29) is 11.6 Å². The van der Waals surface area contributed by atoms with Crippen LogP contribution in [0.1, 0.15) is 59.3 Å². The van der Waals surface area contributed by atoms with Gasteiger partial charge >= 0.3 is 6.03 Å². The molecule has 19 heavy (non-hydrogen) atoms. The Kier molecular flexibility index (Phi) is 6.63. The molecule has 0 heterocycles. The molecular formula is C15H31N3O. The SMILES string of the molecule is CCN(CC)C(=O)N(CC)C1(CN)CCCCCC1. The molecule has 0 atom stereocenters. The third kappa shape index (κ3) is 3.62. The number of likely N-dealkylation sites (N-methyl/N-ethyl adjacent to an activating group) is 1. The second-order valence-electron chi connectivity index (χ2n) is 5.54. The summed E-state index contributed by atoms with van der Waals surface area (Å²) in [5.74, 6) is 0. The third-order valence-corrected chi connectivity index (χ3v) is 4.57. The van der Waals surface area contributed by atoms with E-state index in [1.54, 1.807) is 0 Å². The van der Waals surface area contributed by atoms with Gasteiger partial charge in [0.15, 0.2) is 0 Å². The number of carbonyl (C=O) groups is 1. The van der Waals surface area contributed by atoms with Crippen molar-refractivity contribution in [2.45, 2.75) is 64.8 Å². The summed E-state index contributed by atoms with van der Waals surface area (Å²) < 4.78 is 0. The Morgan fingerprint density at radius 3 is 1.89 bits per heavy atom. The summed E-state index contributed by atoms with van der Waals surface area (Å²) in [5.41, 5.74) is 5.99. The lowest BCUT2D eigenvalue weighted by Crippen LogP contribution is -2.59. The molecule has 1 aliphatic rings. The van der Waals surface area contributed by atoms with Crippen molar-refractivity contribution in [1.29, 1.82) is 0 Å². The highest BCUT2D eigenvalue weighted by Crippen LogP contribution is 2.32. The Hall–Kier alpha value is -0.770. The van der Waals surface area contributed by atoms with Gasteiger partial charge in [-0.05, 0) is 33.6 Å². The molecule has 2 N–H and O–H groups in total. The number of hydrogen-bond acceptors (Lipinski definition) is 2. The van der Waals surface area contributed by atoms with Crippen molar-refractivity contribution in [2.75, 3.05) is 26.2 Å². The fraction of sp³-hybridized carbons (Fsp3) is 0.933. The molecule has 0 aromatic rings. The molecule has 112 valence electrons. The van der Waals surface area contributed by atoms with Gasteiger partial charge in [0, 0.05) is 26.2 Å². The summed E-state index contributed by atoms with van der Waals surface area (Å²) in [6.45, 7) is 9.04. The number of hydrogen-bond donors (Lipinski definition) is 1. The highest BCUT2D eigenvalue weighted by Gasteiger charge is 2.39. The topological polar surface area (TPSA) is 49.6 Å². The first kappa shape index (κ1) is 16.3. The van der Waals surface area contributed by atoms with Crippen LogP contribution < -0.4 is 5.73 Å². The van der Waals surface area contributed by atoms with Crippen LogP contribution in [-0.2, 0) is 0 Å². The molecule has 2 amide bonds. The van der Waals surface area contributed by atoms with Gasteiger partial charge in [-0.3, -0.25) is 0 Å². The molecule has 4 nitrogen and oxygen atoms in total. The molecule has 0 spiro atoms. The first-order valence-corrected chi connectivity index (χ1v) is 7.91. The Morgan fingerprint density at radius 1 is 1.00 bits per heavy atom. The van der Waals surface area contributed by atoms with E-state index in [0.29, 0.717) is 6.54 Å². The van der Waals surface area contributed by atoms with Gasteiger partial charge in [0.05, 0.1) is 5.54 Å². The van der Waals surface area contributed by atoms with E-state index in [9.17, 15) is 4.79 Å². The number of nitrogens with two attached hydrogens (primary N) is 1. The predicted molar refractivity (Wildman–Crippen MR) is 80.2 cm³/mol. The molecule has 0 unspecified atom stereocenters. The maximum atomic E-state index is 12.7. The van der Waals surface area contributed by atoms with Crippen LogP contribution in [0.25, 0.3) is 0 Å². The van der Waals surface area contributed by atoms with Gasteiger partial charge in [0.25, 0.3) is 0 Å². The van der Waals surface area contributed by atoms with E-state index < -0.39 is 0 Å². The maximum absolute atomic E-state index is 12.7. The Bertz CT molecular complexity index is 269. The van der Waals surface area contributed by atoms with E-state index in [1.165, 1.54) is 25.7 Å². The molecule has 1 aliphatic carbocycles. The molecule has 0 bridgehead atoms. The number of rotatable bonds is 5. The normalized spacial score (nSPS) is 18.7. The zero-order chi connectivity index (χ0) is 14.3. The minimum absolute atomic E-state index is 0.106. The van der Waals surface area contributed by atoms with Crippen LogP contribution in [0.5, 0.6) is 0 Å². The Labute approximate surface area is 118 Å². The molecular weight excluding hydrogens is 238 g/mol. The predicted octanol–water partition coefficient (Wildman–Crippen LogP) is 2.82. The molecule has 1 saturated carbocycles. The van der Waals surface area contributed by atoms with Gasteiger partial charge in [-0.25, -0.2) is 4.79 Å². The van der Waals surface area contributed by atoms with E-state index in [4.69, 9.17) is 5.73 Å². The third-order valence-electron chi connectivity index (χ3n) is 4.57. The summed E-state index contributed by atoms with van der Waals surface area (Å²) in [5, 5.41) is 0. The standard InChI is InChI=1S/C15H31N3O/c1-4-17(5-2)14(19)18(6-3)15(13-16)11-9-7-8-10-12-15/h4-13,16H2,1-3H3. The summed E-state index contributed by atoms with van der Waals surface area (Å²) in [7, 11) is 0. The smallest absolute Gasteiger partial charge is 0.320 e.